The highest BCUT2D eigenvalue weighted by atomic mass is 16.5. The van der Waals surface area contributed by atoms with Gasteiger partial charge in [0.2, 0.25) is 0 Å². The lowest BCUT2D eigenvalue weighted by Crippen LogP contribution is -2.27. The van der Waals surface area contributed by atoms with Crippen LogP contribution in [0.1, 0.15) is 13.8 Å². The zero-order valence-electron chi connectivity index (χ0n) is 8.82. The van der Waals surface area contributed by atoms with Gasteiger partial charge in [-0.3, -0.25) is 0 Å². The van der Waals surface area contributed by atoms with Crippen LogP contribution in [0.3, 0.4) is 0 Å². The van der Waals surface area contributed by atoms with E-state index in [1.807, 2.05) is 31.2 Å². The minimum absolute atomic E-state index is 0.00583. The molecule has 2 unspecified atom stereocenters. The first kappa shape index (κ1) is 10.9. The third kappa shape index (κ3) is 2.64. The lowest BCUT2D eigenvalue weighted by atomic mass is 10.2. The van der Waals surface area contributed by atoms with Crippen LogP contribution in [0.15, 0.2) is 24.3 Å². The van der Waals surface area contributed by atoms with Gasteiger partial charge in [-0.05, 0) is 26.0 Å². The summed E-state index contributed by atoms with van der Waals surface area (Å²) in [7, 11) is 1.63. The molecule has 0 saturated heterocycles. The van der Waals surface area contributed by atoms with Crippen LogP contribution < -0.4 is 10.1 Å². The van der Waals surface area contributed by atoms with Crippen LogP contribution in [0.25, 0.3) is 0 Å². The van der Waals surface area contributed by atoms with E-state index in [9.17, 15) is 5.11 Å². The third-order valence-corrected chi connectivity index (χ3v) is 2.21. The number of benzene rings is 1. The van der Waals surface area contributed by atoms with Crippen LogP contribution in [0.4, 0.5) is 5.69 Å². The Kier molecular flexibility index (Phi) is 3.77. The standard InChI is InChI=1S/C11H17NO2/c1-8(9(2)13)12-10-6-4-5-7-11(10)14-3/h4-9,12-13H,1-3H3. The zero-order chi connectivity index (χ0) is 10.6. The molecular weight excluding hydrogens is 178 g/mol. The van der Waals surface area contributed by atoms with Gasteiger partial charge in [-0.25, -0.2) is 0 Å². The molecule has 0 fully saturated rings. The second kappa shape index (κ2) is 4.86. The molecule has 0 saturated carbocycles. The average Bonchev–Trinajstić information content (AvgIpc) is 2.18. The Balaban J connectivity index is 2.75. The van der Waals surface area contributed by atoms with Crippen LogP contribution in [-0.4, -0.2) is 24.4 Å². The average molecular weight is 195 g/mol. The van der Waals surface area contributed by atoms with Gasteiger partial charge in [-0.1, -0.05) is 12.1 Å². The van der Waals surface area contributed by atoms with Crippen molar-refractivity contribution in [3.05, 3.63) is 24.3 Å². The fourth-order valence-corrected chi connectivity index (χ4v) is 1.13. The summed E-state index contributed by atoms with van der Waals surface area (Å²) in [4.78, 5) is 0. The van der Waals surface area contributed by atoms with Gasteiger partial charge in [0.05, 0.1) is 18.9 Å². The van der Waals surface area contributed by atoms with Gasteiger partial charge in [0.25, 0.3) is 0 Å². The Bertz CT molecular complexity index is 286. The van der Waals surface area contributed by atoms with Crippen molar-refractivity contribution in [1.29, 1.82) is 0 Å². The molecule has 2 atom stereocenters. The van der Waals surface area contributed by atoms with E-state index in [1.54, 1.807) is 14.0 Å². The summed E-state index contributed by atoms with van der Waals surface area (Å²) in [5.74, 6) is 0.792. The number of nitrogens with one attached hydrogen (secondary N) is 1. The van der Waals surface area contributed by atoms with Gasteiger partial charge < -0.3 is 15.2 Å². The fourth-order valence-electron chi connectivity index (χ4n) is 1.13. The number of hydrogen-bond donors (Lipinski definition) is 2. The van der Waals surface area contributed by atoms with Gasteiger partial charge in [-0.15, -0.1) is 0 Å². The predicted octanol–water partition coefficient (Wildman–Crippen LogP) is 1.88. The number of methoxy groups -OCH3 is 1. The van der Waals surface area contributed by atoms with Crippen molar-refractivity contribution in [2.75, 3.05) is 12.4 Å². The van der Waals surface area contributed by atoms with Gasteiger partial charge >= 0.3 is 0 Å². The molecule has 0 heterocycles. The maximum atomic E-state index is 9.34. The molecule has 3 heteroatoms. The number of aliphatic hydroxyl groups excluding tert-OH is 1. The molecule has 0 amide bonds. The third-order valence-electron chi connectivity index (χ3n) is 2.21. The molecule has 0 aliphatic rings. The Labute approximate surface area is 84.7 Å². The highest BCUT2D eigenvalue weighted by molar-refractivity contribution is 5.56. The summed E-state index contributed by atoms with van der Waals surface area (Å²) in [5, 5.41) is 12.5. The summed E-state index contributed by atoms with van der Waals surface area (Å²) in [6.45, 7) is 3.68. The molecular formula is C11H17NO2. The van der Waals surface area contributed by atoms with Crippen molar-refractivity contribution in [1.82, 2.24) is 0 Å². The van der Waals surface area contributed by atoms with E-state index in [0.29, 0.717) is 0 Å². The molecule has 78 valence electrons. The van der Waals surface area contributed by atoms with E-state index in [4.69, 9.17) is 4.74 Å². The second-order valence-corrected chi connectivity index (χ2v) is 3.37. The minimum Gasteiger partial charge on any atom is -0.495 e. The summed E-state index contributed by atoms with van der Waals surface area (Å²) < 4.78 is 5.18. The topological polar surface area (TPSA) is 41.5 Å². The minimum atomic E-state index is -0.389. The largest absolute Gasteiger partial charge is 0.495 e. The number of hydrogen-bond acceptors (Lipinski definition) is 3. The van der Waals surface area contributed by atoms with Crippen LogP contribution in [0.5, 0.6) is 5.75 Å². The Morgan fingerprint density at radius 3 is 2.50 bits per heavy atom. The Morgan fingerprint density at radius 1 is 1.29 bits per heavy atom. The highest BCUT2D eigenvalue weighted by Gasteiger charge is 2.10. The molecule has 2 N–H and O–H groups in total. The lowest BCUT2D eigenvalue weighted by Gasteiger charge is -2.19. The van der Waals surface area contributed by atoms with Crippen molar-refractivity contribution in [2.24, 2.45) is 0 Å². The predicted molar refractivity (Wildman–Crippen MR) is 57.8 cm³/mol. The first-order chi connectivity index (χ1) is 6.65. The van der Waals surface area contributed by atoms with Crippen LogP contribution in [0, 0.1) is 0 Å². The molecule has 0 spiro atoms. The molecule has 0 radical (unpaired) electrons. The molecule has 1 aromatic rings. The van der Waals surface area contributed by atoms with Crippen molar-refractivity contribution < 1.29 is 9.84 Å². The number of ether oxygens (including phenoxy) is 1. The normalized spacial score (nSPS) is 14.6. The van der Waals surface area contributed by atoms with Crippen LogP contribution in [0.2, 0.25) is 0 Å². The van der Waals surface area contributed by atoms with Crippen LogP contribution in [-0.2, 0) is 0 Å². The van der Waals surface area contributed by atoms with E-state index in [0.717, 1.165) is 11.4 Å². The molecule has 14 heavy (non-hydrogen) atoms. The molecule has 0 bridgehead atoms. The van der Waals surface area contributed by atoms with E-state index >= 15 is 0 Å². The summed E-state index contributed by atoms with van der Waals surface area (Å²) in [6, 6.07) is 7.66. The molecule has 0 aromatic heterocycles. The molecule has 0 aliphatic carbocycles. The van der Waals surface area contributed by atoms with E-state index in [2.05, 4.69) is 5.32 Å². The molecule has 1 aromatic carbocycles. The Morgan fingerprint density at radius 2 is 1.93 bits per heavy atom. The van der Waals surface area contributed by atoms with Crippen molar-refractivity contribution in [3.8, 4) is 5.75 Å². The molecule has 0 aliphatic heterocycles. The maximum Gasteiger partial charge on any atom is 0.141 e. The number of rotatable bonds is 4. The molecule has 3 nitrogen and oxygen atoms in total. The van der Waals surface area contributed by atoms with Gasteiger partial charge in [0.1, 0.15) is 5.75 Å². The highest BCUT2D eigenvalue weighted by Crippen LogP contribution is 2.23. The molecule has 1 rings (SSSR count). The van der Waals surface area contributed by atoms with Crippen molar-refractivity contribution >= 4 is 5.69 Å². The summed E-state index contributed by atoms with van der Waals surface area (Å²) in [5.41, 5.74) is 0.906. The van der Waals surface area contributed by atoms with Gasteiger partial charge in [-0.2, -0.15) is 0 Å². The smallest absolute Gasteiger partial charge is 0.141 e. The van der Waals surface area contributed by atoms with E-state index in [1.165, 1.54) is 0 Å². The first-order valence-corrected chi connectivity index (χ1v) is 4.72. The fraction of sp³-hybridized carbons (Fsp3) is 0.455. The van der Waals surface area contributed by atoms with Crippen molar-refractivity contribution in [2.45, 2.75) is 26.0 Å². The zero-order valence-corrected chi connectivity index (χ0v) is 8.82. The van der Waals surface area contributed by atoms with Gasteiger partial charge in [0, 0.05) is 6.04 Å². The number of anilines is 1. The van der Waals surface area contributed by atoms with Gasteiger partial charge in [0.15, 0.2) is 0 Å². The SMILES string of the molecule is COc1ccccc1NC(C)C(C)O. The van der Waals surface area contributed by atoms with E-state index in [-0.39, 0.29) is 12.1 Å². The van der Waals surface area contributed by atoms with E-state index < -0.39 is 0 Å². The lowest BCUT2D eigenvalue weighted by molar-refractivity contribution is 0.177. The monoisotopic (exact) mass is 195 g/mol. The quantitative estimate of drug-likeness (QED) is 0.770. The number of aliphatic hydroxyl groups is 1. The summed E-state index contributed by atoms with van der Waals surface area (Å²) >= 11 is 0. The summed E-state index contributed by atoms with van der Waals surface area (Å²) in [6.07, 6.45) is -0.389. The Hall–Kier alpha value is -1.22. The maximum absolute atomic E-state index is 9.34. The second-order valence-electron chi connectivity index (χ2n) is 3.37. The van der Waals surface area contributed by atoms with Crippen LogP contribution >= 0.6 is 0 Å². The first-order valence-electron chi connectivity index (χ1n) is 4.72. The number of para-hydroxylation sites is 2. The van der Waals surface area contributed by atoms with Crippen molar-refractivity contribution in [3.63, 3.8) is 0 Å².